The molecule has 0 radical (unpaired) electrons. The Morgan fingerprint density at radius 2 is 2.31 bits per heavy atom. The van der Waals surface area contributed by atoms with Crippen molar-refractivity contribution < 1.29 is 4.74 Å². The lowest BCUT2D eigenvalue weighted by atomic mass is 9.94. The van der Waals surface area contributed by atoms with Gasteiger partial charge in [-0.2, -0.15) is 0 Å². The minimum atomic E-state index is 0.172. The normalized spacial score (nSPS) is 36.5. The molecule has 0 spiro atoms. The molecule has 0 aromatic heterocycles. The zero-order valence-electron chi connectivity index (χ0n) is 9.18. The second-order valence-corrected chi connectivity index (χ2v) is 4.25. The molecule has 0 aromatic carbocycles. The van der Waals surface area contributed by atoms with Gasteiger partial charge in [0.1, 0.15) is 0 Å². The van der Waals surface area contributed by atoms with E-state index >= 15 is 0 Å². The Balaban J connectivity index is 2.34. The molecule has 0 aliphatic carbocycles. The average Bonchev–Trinajstić information content (AvgIpc) is 2.44. The van der Waals surface area contributed by atoms with Crippen LogP contribution in [0.15, 0.2) is 0 Å². The minimum absolute atomic E-state index is 0.172. The fourth-order valence-corrected chi connectivity index (χ4v) is 1.56. The van der Waals surface area contributed by atoms with Gasteiger partial charge >= 0.3 is 0 Å². The molecule has 1 aliphatic rings. The van der Waals surface area contributed by atoms with E-state index in [1.165, 1.54) is 0 Å². The third-order valence-electron chi connectivity index (χ3n) is 3.19. The van der Waals surface area contributed by atoms with Crippen LogP contribution in [0.3, 0.4) is 0 Å². The van der Waals surface area contributed by atoms with E-state index in [4.69, 9.17) is 4.74 Å². The predicted octanol–water partition coefficient (Wildman–Crippen LogP) is 0.751. The largest absolute Gasteiger partial charge is 0.377 e. The van der Waals surface area contributed by atoms with Crippen LogP contribution in [0.25, 0.3) is 0 Å². The zero-order valence-corrected chi connectivity index (χ0v) is 9.18. The van der Waals surface area contributed by atoms with Crippen molar-refractivity contribution in [2.75, 3.05) is 20.2 Å². The maximum Gasteiger partial charge on any atom is 0.0726 e. The van der Waals surface area contributed by atoms with Crippen LogP contribution in [0.4, 0.5) is 0 Å². The monoisotopic (exact) mass is 186 g/mol. The topological polar surface area (TPSA) is 33.3 Å². The van der Waals surface area contributed by atoms with Crippen LogP contribution in [0, 0.1) is 0 Å². The van der Waals surface area contributed by atoms with Gasteiger partial charge in [-0.15, -0.1) is 0 Å². The summed E-state index contributed by atoms with van der Waals surface area (Å²) in [5.74, 6) is 0. The standard InChI is InChI=1S/C10H22N2O/c1-8(11-4)7-12-10(3)5-6-13-9(10)2/h8-9,11-12H,5-7H2,1-4H3. The van der Waals surface area contributed by atoms with E-state index in [9.17, 15) is 0 Å². The molecule has 13 heavy (non-hydrogen) atoms. The first-order valence-electron chi connectivity index (χ1n) is 5.12. The molecule has 3 nitrogen and oxygen atoms in total. The summed E-state index contributed by atoms with van der Waals surface area (Å²) in [6, 6.07) is 0.518. The van der Waals surface area contributed by atoms with E-state index < -0.39 is 0 Å². The molecule has 2 N–H and O–H groups in total. The van der Waals surface area contributed by atoms with Crippen LogP contribution in [0.5, 0.6) is 0 Å². The third-order valence-corrected chi connectivity index (χ3v) is 3.19. The van der Waals surface area contributed by atoms with Crippen molar-refractivity contribution in [1.82, 2.24) is 10.6 Å². The van der Waals surface area contributed by atoms with Crippen molar-refractivity contribution in [2.45, 2.75) is 44.9 Å². The molecule has 1 fully saturated rings. The summed E-state index contributed by atoms with van der Waals surface area (Å²) in [4.78, 5) is 0. The fourth-order valence-electron chi connectivity index (χ4n) is 1.56. The molecule has 0 saturated carbocycles. The van der Waals surface area contributed by atoms with E-state index in [2.05, 4.69) is 31.4 Å². The maximum absolute atomic E-state index is 5.55. The first-order valence-corrected chi connectivity index (χ1v) is 5.12. The molecule has 0 amide bonds. The van der Waals surface area contributed by atoms with Gasteiger partial charge < -0.3 is 15.4 Å². The van der Waals surface area contributed by atoms with Gasteiger partial charge in [0.25, 0.3) is 0 Å². The highest BCUT2D eigenvalue weighted by molar-refractivity contribution is 4.93. The van der Waals surface area contributed by atoms with Crippen molar-refractivity contribution >= 4 is 0 Å². The lowest BCUT2D eigenvalue weighted by molar-refractivity contribution is 0.0881. The van der Waals surface area contributed by atoms with Gasteiger partial charge in [0.2, 0.25) is 0 Å². The van der Waals surface area contributed by atoms with Crippen LogP contribution in [-0.2, 0) is 4.74 Å². The summed E-state index contributed by atoms with van der Waals surface area (Å²) in [7, 11) is 1.99. The lowest BCUT2D eigenvalue weighted by Gasteiger charge is -2.30. The molecule has 78 valence electrons. The van der Waals surface area contributed by atoms with Gasteiger partial charge in [0.15, 0.2) is 0 Å². The van der Waals surface area contributed by atoms with Crippen LogP contribution in [-0.4, -0.2) is 37.9 Å². The highest BCUT2D eigenvalue weighted by Gasteiger charge is 2.36. The predicted molar refractivity (Wildman–Crippen MR) is 55.0 cm³/mol. The van der Waals surface area contributed by atoms with E-state index in [0.29, 0.717) is 12.1 Å². The highest BCUT2D eigenvalue weighted by Crippen LogP contribution is 2.24. The minimum Gasteiger partial charge on any atom is -0.377 e. The van der Waals surface area contributed by atoms with Gasteiger partial charge in [0.05, 0.1) is 6.10 Å². The number of rotatable bonds is 4. The van der Waals surface area contributed by atoms with Gasteiger partial charge in [-0.1, -0.05) is 0 Å². The van der Waals surface area contributed by atoms with Crippen molar-refractivity contribution in [3.8, 4) is 0 Å². The van der Waals surface area contributed by atoms with E-state index in [1.807, 2.05) is 7.05 Å². The first-order chi connectivity index (χ1) is 6.08. The molecule has 1 rings (SSSR count). The number of ether oxygens (including phenoxy) is 1. The van der Waals surface area contributed by atoms with E-state index in [1.54, 1.807) is 0 Å². The van der Waals surface area contributed by atoms with E-state index in [0.717, 1.165) is 19.6 Å². The molecule has 0 aromatic rings. The second kappa shape index (κ2) is 4.40. The Bertz CT molecular complexity index is 163. The van der Waals surface area contributed by atoms with Crippen molar-refractivity contribution in [3.63, 3.8) is 0 Å². The molecular weight excluding hydrogens is 164 g/mol. The van der Waals surface area contributed by atoms with Gasteiger partial charge in [0, 0.05) is 24.7 Å². The molecule has 3 heteroatoms. The lowest BCUT2D eigenvalue weighted by Crippen LogP contribution is -2.51. The molecular formula is C10H22N2O. The Kier molecular flexibility index (Phi) is 3.71. The molecule has 1 heterocycles. The van der Waals surface area contributed by atoms with Crippen LogP contribution in [0.2, 0.25) is 0 Å². The summed E-state index contributed by atoms with van der Waals surface area (Å²) in [5.41, 5.74) is 0.172. The Hall–Kier alpha value is -0.120. The summed E-state index contributed by atoms with van der Waals surface area (Å²) < 4.78 is 5.55. The summed E-state index contributed by atoms with van der Waals surface area (Å²) in [6.07, 6.45) is 1.45. The van der Waals surface area contributed by atoms with Crippen molar-refractivity contribution in [1.29, 1.82) is 0 Å². The fraction of sp³-hybridized carbons (Fsp3) is 1.00. The third kappa shape index (κ3) is 2.66. The van der Waals surface area contributed by atoms with Crippen LogP contribution >= 0.6 is 0 Å². The Morgan fingerprint density at radius 3 is 2.77 bits per heavy atom. The molecule has 0 bridgehead atoms. The molecule has 3 atom stereocenters. The zero-order chi connectivity index (χ0) is 9.90. The number of likely N-dealkylation sites (N-methyl/N-ethyl adjacent to an activating group) is 1. The highest BCUT2D eigenvalue weighted by atomic mass is 16.5. The van der Waals surface area contributed by atoms with Gasteiger partial charge in [-0.3, -0.25) is 0 Å². The molecule has 1 aliphatic heterocycles. The van der Waals surface area contributed by atoms with Crippen LogP contribution < -0.4 is 10.6 Å². The second-order valence-electron chi connectivity index (χ2n) is 4.25. The van der Waals surface area contributed by atoms with Crippen molar-refractivity contribution in [2.24, 2.45) is 0 Å². The van der Waals surface area contributed by atoms with Gasteiger partial charge in [-0.25, -0.2) is 0 Å². The SMILES string of the molecule is CNC(C)CNC1(C)CCOC1C. The smallest absolute Gasteiger partial charge is 0.0726 e. The van der Waals surface area contributed by atoms with Crippen LogP contribution in [0.1, 0.15) is 27.2 Å². The maximum atomic E-state index is 5.55. The number of hydrogen-bond acceptors (Lipinski definition) is 3. The average molecular weight is 186 g/mol. The molecule has 1 saturated heterocycles. The quantitative estimate of drug-likeness (QED) is 0.680. The Morgan fingerprint density at radius 1 is 1.62 bits per heavy atom. The van der Waals surface area contributed by atoms with E-state index in [-0.39, 0.29) is 5.54 Å². The van der Waals surface area contributed by atoms with Crippen molar-refractivity contribution in [3.05, 3.63) is 0 Å². The number of nitrogens with one attached hydrogen (secondary N) is 2. The first kappa shape index (κ1) is 11.0. The Labute approximate surface area is 81.2 Å². The number of hydrogen-bond donors (Lipinski definition) is 2. The van der Waals surface area contributed by atoms with Gasteiger partial charge in [-0.05, 0) is 34.2 Å². The summed E-state index contributed by atoms with van der Waals surface area (Å²) >= 11 is 0. The molecule has 3 unspecified atom stereocenters. The summed E-state index contributed by atoms with van der Waals surface area (Å²) in [5, 5.41) is 6.79. The summed E-state index contributed by atoms with van der Waals surface area (Å²) in [6.45, 7) is 8.45.